The quantitative estimate of drug-likeness (QED) is 0.619. The average Bonchev–Trinajstić information content (AvgIpc) is 2.79. The highest BCUT2D eigenvalue weighted by atomic mass is 32.2. The van der Waals surface area contributed by atoms with Crippen molar-refractivity contribution in [3.8, 4) is 5.88 Å². The molecule has 1 aliphatic rings. The number of thioether (sulfide) groups is 1. The van der Waals surface area contributed by atoms with E-state index < -0.39 is 0 Å². The van der Waals surface area contributed by atoms with Gasteiger partial charge in [0.2, 0.25) is 5.88 Å². The summed E-state index contributed by atoms with van der Waals surface area (Å²) < 4.78 is 5.61. The van der Waals surface area contributed by atoms with E-state index >= 15 is 0 Å². The lowest BCUT2D eigenvalue weighted by atomic mass is 10.2. The van der Waals surface area contributed by atoms with Gasteiger partial charge in [-0.2, -0.15) is 0 Å². The predicted octanol–water partition coefficient (Wildman–Crippen LogP) is 1.33. The molecule has 2 rings (SSSR count). The molecule has 15 heavy (non-hydrogen) atoms. The molecule has 1 unspecified atom stereocenters. The van der Waals surface area contributed by atoms with Crippen LogP contribution < -0.4 is 10.1 Å². The van der Waals surface area contributed by atoms with Gasteiger partial charge in [0.05, 0.1) is 0 Å². The largest absolute Gasteiger partial charge is 0.476 e. The van der Waals surface area contributed by atoms with Crippen LogP contribution in [0.3, 0.4) is 0 Å². The predicted molar refractivity (Wildman–Crippen MR) is 60.3 cm³/mol. The first-order chi connectivity index (χ1) is 7.38. The molecule has 5 heteroatoms. The summed E-state index contributed by atoms with van der Waals surface area (Å²) in [6.07, 6.45) is 5.97. The summed E-state index contributed by atoms with van der Waals surface area (Å²) in [5.41, 5.74) is 0. The first kappa shape index (κ1) is 10.7. The van der Waals surface area contributed by atoms with Gasteiger partial charge in [-0.1, -0.05) is 0 Å². The van der Waals surface area contributed by atoms with Crippen molar-refractivity contribution < 1.29 is 4.74 Å². The van der Waals surface area contributed by atoms with Crippen molar-refractivity contribution in [1.29, 1.82) is 0 Å². The van der Waals surface area contributed by atoms with Gasteiger partial charge in [0, 0.05) is 12.1 Å². The minimum absolute atomic E-state index is 0.484. The zero-order valence-electron chi connectivity index (χ0n) is 8.77. The van der Waals surface area contributed by atoms with Crippen LogP contribution in [0, 0.1) is 0 Å². The van der Waals surface area contributed by atoms with Crippen molar-refractivity contribution in [1.82, 2.24) is 15.3 Å². The molecule has 0 spiro atoms. The summed E-state index contributed by atoms with van der Waals surface area (Å²) in [6, 6.07) is 2.36. The molecule has 1 atom stereocenters. The number of hydrogen-bond donors (Lipinski definition) is 1. The van der Waals surface area contributed by atoms with E-state index in [1.54, 1.807) is 18.1 Å². The molecule has 1 aromatic heterocycles. The monoisotopic (exact) mass is 225 g/mol. The second-order valence-electron chi connectivity index (χ2n) is 3.50. The third-order valence-corrected chi connectivity index (χ3v) is 3.06. The van der Waals surface area contributed by atoms with E-state index in [1.807, 2.05) is 12.3 Å². The number of nitrogens with one attached hydrogen (secondary N) is 1. The Kier molecular flexibility index (Phi) is 3.80. The fraction of sp³-hybridized carbons (Fsp3) is 0.600. The average molecular weight is 225 g/mol. The summed E-state index contributed by atoms with van der Waals surface area (Å²) in [4.78, 5) is 8.17. The van der Waals surface area contributed by atoms with Gasteiger partial charge in [-0.3, -0.25) is 0 Å². The molecule has 4 nitrogen and oxygen atoms in total. The third-order valence-electron chi connectivity index (χ3n) is 2.42. The minimum Gasteiger partial charge on any atom is -0.476 e. The second kappa shape index (κ2) is 5.32. The molecule has 1 aromatic rings. The lowest BCUT2D eigenvalue weighted by molar-refractivity contribution is 0.266. The molecule has 82 valence electrons. The Morgan fingerprint density at radius 1 is 1.60 bits per heavy atom. The fourth-order valence-corrected chi connectivity index (χ4v) is 1.97. The van der Waals surface area contributed by atoms with Crippen LogP contribution in [0.5, 0.6) is 5.88 Å². The summed E-state index contributed by atoms with van der Waals surface area (Å²) >= 11 is 1.59. The fourth-order valence-electron chi connectivity index (χ4n) is 1.60. The highest BCUT2D eigenvalue weighted by Crippen LogP contribution is 2.16. The highest BCUT2D eigenvalue weighted by molar-refractivity contribution is 7.98. The van der Waals surface area contributed by atoms with Gasteiger partial charge in [0.1, 0.15) is 18.0 Å². The molecule has 0 amide bonds. The lowest BCUT2D eigenvalue weighted by Gasteiger charge is -2.11. The van der Waals surface area contributed by atoms with Crippen molar-refractivity contribution >= 4 is 11.8 Å². The molecular formula is C10H15N3OS. The molecule has 1 saturated heterocycles. The third kappa shape index (κ3) is 3.07. The van der Waals surface area contributed by atoms with E-state index in [0.717, 1.165) is 11.6 Å². The molecule has 1 N–H and O–H groups in total. The molecule has 0 saturated carbocycles. The van der Waals surface area contributed by atoms with Gasteiger partial charge in [-0.25, -0.2) is 9.97 Å². The molecular weight excluding hydrogens is 210 g/mol. The Bertz CT molecular complexity index is 315. The molecule has 1 aliphatic heterocycles. The SMILES string of the molecule is CSc1cc(OCC2CCCN2)ncn1. The van der Waals surface area contributed by atoms with Crippen molar-refractivity contribution in [2.75, 3.05) is 19.4 Å². The van der Waals surface area contributed by atoms with Crippen LogP contribution in [0.25, 0.3) is 0 Å². The topological polar surface area (TPSA) is 47.0 Å². The minimum atomic E-state index is 0.484. The van der Waals surface area contributed by atoms with E-state index in [9.17, 15) is 0 Å². The number of ether oxygens (including phenoxy) is 1. The maximum atomic E-state index is 5.61. The molecule has 0 radical (unpaired) electrons. The lowest BCUT2D eigenvalue weighted by Crippen LogP contribution is -2.28. The molecule has 0 bridgehead atoms. The first-order valence-corrected chi connectivity index (χ1v) is 6.33. The van der Waals surface area contributed by atoms with Gasteiger partial charge in [0.15, 0.2) is 0 Å². The summed E-state index contributed by atoms with van der Waals surface area (Å²) in [5, 5.41) is 4.33. The van der Waals surface area contributed by atoms with E-state index in [2.05, 4.69) is 15.3 Å². The van der Waals surface area contributed by atoms with Crippen molar-refractivity contribution in [3.05, 3.63) is 12.4 Å². The van der Waals surface area contributed by atoms with Crippen molar-refractivity contribution in [2.24, 2.45) is 0 Å². The van der Waals surface area contributed by atoms with Gasteiger partial charge < -0.3 is 10.1 Å². The number of hydrogen-bond acceptors (Lipinski definition) is 5. The van der Waals surface area contributed by atoms with Crippen LogP contribution in [0.2, 0.25) is 0 Å². The van der Waals surface area contributed by atoms with Gasteiger partial charge in [-0.15, -0.1) is 11.8 Å². The number of rotatable bonds is 4. The second-order valence-corrected chi connectivity index (χ2v) is 4.33. The standard InChI is InChI=1S/C10H15N3OS/c1-15-10-5-9(12-7-13-10)14-6-8-3-2-4-11-8/h5,7-8,11H,2-4,6H2,1H3. The van der Waals surface area contributed by atoms with Crippen molar-refractivity contribution in [3.63, 3.8) is 0 Å². The summed E-state index contributed by atoms with van der Waals surface area (Å²) in [6.45, 7) is 1.80. The Labute approximate surface area is 93.8 Å². The zero-order chi connectivity index (χ0) is 10.5. The van der Waals surface area contributed by atoms with E-state index in [1.165, 1.54) is 12.8 Å². The molecule has 0 aromatic carbocycles. The smallest absolute Gasteiger partial charge is 0.217 e. The summed E-state index contributed by atoms with van der Waals surface area (Å²) in [7, 11) is 0. The van der Waals surface area contributed by atoms with Crippen molar-refractivity contribution in [2.45, 2.75) is 23.9 Å². The Morgan fingerprint density at radius 3 is 3.27 bits per heavy atom. The molecule has 1 fully saturated rings. The number of nitrogens with zero attached hydrogens (tertiary/aromatic N) is 2. The Hall–Kier alpha value is -0.810. The first-order valence-electron chi connectivity index (χ1n) is 5.10. The van der Waals surface area contributed by atoms with E-state index in [4.69, 9.17) is 4.74 Å². The van der Waals surface area contributed by atoms with Gasteiger partial charge in [-0.05, 0) is 25.6 Å². The zero-order valence-corrected chi connectivity index (χ0v) is 9.59. The Balaban J connectivity index is 1.86. The van der Waals surface area contributed by atoms with Crippen LogP contribution in [-0.2, 0) is 0 Å². The van der Waals surface area contributed by atoms with Gasteiger partial charge >= 0.3 is 0 Å². The highest BCUT2D eigenvalue weighted by Gasteiger charge is 2.14. The maximum absolute atomic E-state index is 5.61. The Morgan fingerprint density at radius 2 is 2.53 bits per heavy atom. The van der Waals surface area contributed by atoms with Crippen LogP contribution in [0.1, 0.15) is 12.8 Å². The van der Waals surface area contributed by atoms with Crippen LogP contribution in [0.15, 0.2) is 17.4 Å². The summed E-state index contributed by atoms with van der Waals surface area (Å²) in [5.74, 6) is 0.669. The number of aromatic nitrogens is 2. The van der Waals surface area contributed by atoms with Crippen LogP contribution in [0.4, 0.5) is 0 Å². The maximum Gasteiger partial charge on any atom is 0.217 e. The molecule has 2 heterocycles. The van der Waals surface area contributed by atoms with Gasteiger partial charge in [0.25, 0.3) is 0 Å². The molecule has 0 aliphatic carbocycles. The van der Waals surface area contributed by atoms with E-state index in [0.29, 0.717) is 18.5 Å². The van der Waals surface area contributed by atoms with Crippen LogP contribution >= 0.6 is 11.8 Å². The van der Waals surface area contributed by atoms with E-state index in [-0.39, 0.29) is 0 Å². The van der Waals surface area contributed by atoms with Crippen LogP contribution in [-0.4, -0.2) is 35.4 Å². The normalized spacial score (nSPS) is 20.5.